The summed E-state index contributed by atoms with van der Waals surface area (Å²) in [4.78, 5) is 32.9. The Hall–Kier alpha value is -3.18. The van der Waals surface area contributed by atoms with E-state index < -0.39 is 30.1 Å². The number of halogens is 3. The molecule has 2 rings (SSSR count). The van der Waals surface area contributed by atoms with Gasteiger partial charge >= 0.3 is 12.1 Å². The maximum atomic E-state index is 12.2. The summed E-state index contributed by atoms with van der Waals surface area (Å²) >= 11 is 0. The number of carboxylic acid groups (broad SMARTS) is 1. The molecule has 170 valence electrons. The van der Waals surface area contributed by atoms with Gasteiger partial charge in [-0.2, -0.15) is 13.2 Å². The normalized spacial score (nSPS) is 12.8. The van der Waals surface area contributed by atoms with Gasteiger partial charge in [0.15, 0.2) is 0 Å². The summed E-state index contributed by atoms with van der Waals surface area (Å²) in [7, 11) is 1.47. The van der Waals surface area contributed by atoms with Gasteiger partial charge in [0.2, 0.25) is 11.8 Å². The molecule has 0 fully saturated rings. The molecule has 0 spiro atoms. The van der Waals surface area contributed by atoms with E-state index in [2.05, 4.69) is 10.6 Å². The van der Waals surface area contributed by atoms with E-state index in [1.807, 2.05) is 42.5 Å². The van der Waals surface area contributed by atoms with Gasteiger partial charge in [-0.3, -0.25) is 9.59 Å². The van der Waals surface area contributed by atoms with E-state index in [1.165, 1.54) is 7.11 Å². The summed E-state index contributed by atoms with van der Waals surface area (Å²) in [6, 6.07) is 12.5. The molecule has 0 aromatic heterocycles. The molecular weight excluding hydrogens is 419 g/mol. The second kappa shape index (κ2) is 11.9. The summed E-state index contributed by atoms with van der Waals surface area (Å²) in [5.74, 6) is -3.43. The second-order valence-electron chi connectivity index (χ2n) is 6.45. The first-order chi connectivity index (χ1) is 14.5. The molecular formula is C20H24F3N3O5. The summed E-state index contributed by atoms with van der Waals surface area (Å²) in [5, 5.41) is 14.8. The van der Waals surface area contributed by atoms with Crippen LogP contribution in [0.1, 0.15) is 12.5 Å². The number of benzene rings is 2. The molecule has 0 bridgehead atoms. The van der Waals surface area contributed by atoms with Crippen molar-refractivity contribution >= 4 is 28.6 Å². The number of rotatable bonds is 7. The van der Waals surface area contributed by atoms with Crippen LogP contribution in [-0.4, -0.2) is 54.9 Å². The van der Waals surface area contributed by atoms with Gasteiger partial charge in [-0.05, 0) is 23.3 Å². The quantitative estimate of drug-likeness (QED) is 0.514. The fraction of sp³-hybridized carbons (Fsp3) is 0.350. The zero-order valence-corrected chi connectivity index (χ0v) is 16.9. The number of alkyl halides is 3. The number of nitrogens with two attached hydrogens (primary N) is 1. The highest BCUT2D eigenvalue weighted by atomic mass is 19.4. The number of carboxylic acids is 1. The van der Waals surface area contributed by atoms with Crippen molar-refractivity contribution in [2.24, 2.45) is 5.73 Å². The monoisotopic (exact) mass is 443 g/mol. The Morgan fingerprint density at radius 3 is 2.26 bits per heavy atom. The fourth-order valence-corrected chi connectivity index (χ4v) is 2.42. The minimum Gasteiger partial charge on any atom is -0.475 e. The largest absolute Gasteiger partial charge is 0.490 e. The lowest BCUT2D eigenvalue weighted by Crippen LogP contribution is -2.51. The van der Waals surface area contributed by atoms with Crippen LogP contribution >= 0.6 is 0 Å². The molecule has 11 heteroatoms. The maximum absolute atomic E-state index is 12.2. The van der Waals surface area contributed by atoms with Gasteiger partial charge in [0.25, 0.3) is 0 Å². The lowest BCUT2D eigenvalue weighted by Gasteiger charge is -2.17. The van der Waals surface area contributed by atoms with E-state index in [4.69, 9.17) is 20.4 Å². The number of carbonyl (C=O) groups is 3. The van der Waals surface area contributed by atoms with Gasteiger partial charge < -0.3 is 26.2 Å². The van der Waals surface area contributed by atoms with Crippen LogP contribution in [0.2, 0.25) is 0 Å². The van der Waals surface area contributed by atoms with E-state index in [-0.39, 0.29) is 12.5 Å². The predicted molar refractivity (Wildman–Crippen MR) is 107 cm³/mol. The number of aliphatic carboxylic acids is 1. The van der Waals surface area contributed by atoms with Crippen molar-refractivity contribution < 1.29 is 37.4 Å². The number of amides is 2. The SMILES string of the molecule is COCC(N)C(=O)NC(C)C(=O)NCc1cccc2ccccc12.O=C(O)C(F)(F)F. The number of nitrogens with one attached hydrogen (secondary N) is 2. The molecule has 0 aliphatic rings. The Kier molecular flexibility index (Phi) is 9.90. The number of methoxy groups -OCH3 is 1. The van der Waals surface area contributed by atoms with Crippen LogP contribution in [0.4, 0.5) is 13.2 Å². The molecule has 0 saturated carbocycles. The fourth-order valence-electron chi connectivity index (χ4n) is 2.42. The van der Waals surface area contributed by atoms with Crippen molar-refractivity contribution in [2.45, 2.75) is 31.7 Å². The van der Waals surface area contributed by atoms with Gasteiger partial charge in [-0.1, -0.05) is 42.5 Å². The van der Waals surface area contributed by atoms with Crippen molar-refractivity contribution in [3.05, 3.63) is 48.0 Å². The topological polar surface area (TPSA) is 131 Å². The van der Waals surface area contributed by atoms with Crippen LogP contribution in [0.5, 0.6) is 0 Å². The molecule has 0 heterocycles. The molecule has 2 atom stereocenters. The number of hydrogen-bond donors (Lipinski definition) is 4. The predicted octanol–water partition coefficient (Wildman–Crippen LogP) is 1.57. The third-order valence-electron chi connectivity index (χ3n) is 4.01. The molecule has 2 amide bonds. The van der Waals surface area contributed by atoms with Gasteiger partial charge in [-0.25, -0.2) is 4.79 Å². The molecule has 0 aliphatic carbocycles. The first-order valence-electron chi connectivity index (χ1n) is 9.06. The van der Waals surface area contributed by atoms with Crippen molar-refractivity contribution in [3.8, 4) is 0 Å². The van der Waals surface area contributed by atoms with E-state index in [0.717, 1.165) is 16.3 Å². The lowest BCUT2D eigenvalue weighted by atomic mass is 10.0. The van der Waals surface area contributed by atoms with E-state index >= 15 is 0 Å². The average Bonchev–Trinajstić information content (AvgIpc) is 2.71. The van der Waals surface area contributed by atoms with E-state index in [0.29, 0.717) is 6.54 Å². The van der Waals surface area contributed by atoms with Gasteiger partial charge in [0, 0.05) is 13.7 Å². The highest BCUT2D eigenvalue weighted by molar-refractivity contribution is 5.90. The van der Waals surface area contributed by atoms with Crippen LogP contribution < -0.4 is 16.4 Å². The lowest BCUT2D eigenvalue weighted by molar-refractivity contribution is -0.192. The Labute approximate surface area is 176 Å². The number of hydrogen-bond acceptors (Lipinski definition) is 5. The third-order valence-corrected chi connectivity index (χ3v) is 4.01. The highest BCUT2D eigenvalue weighted by Gasteiger charge is 2.38. The summed E-state index contributed by atoms with van der Waals surface area (Å²) in [6.07, 6.45) is -5.08. The minimum absolute atomic E-state index is 0.107. The Balaban J connectivity index is 0.000000592. The molecule has 5 N–H and O–H groups in total. The van der Waals surface area contributed by atoms with Gasteiger partial charge in [0.05, 0.1) is 6.61 Å². The van der Waals surface area contributed by atoms with Crippen molar-refractivity contribution in [1.82, 2.24) is 10.6 Å². The standard InChI is InChI=1S/C18H23N3O3.C2HF3O2/c1-12(21-18(23)16(19)11-24-2)17(22)20-10-14-8-5-7-13-6-3-4-9-15(13)14;3-2(4,5)1(6)7/h3-9,12,16H,10-11,19H2,1-2H3,(H,20,22)(H,21,23);(H,6,7). The molecule has 8 nitrogen and oxygen atoms in total. The molecule has 0 aliphatic heterocycles. The van der Waals surface area contributed by atoms with Gasteiger partial charge in [0.1, 0.15) is 12.1 Å². The van der Waals surface area contributed by atoms with Crippen LogP contribution in [0.15, 0.2) is 42.5 Å². The number of carbonyl (C=O) groups excluding carboxylic acids is 2. The zero-order valence-electron chi connectivity index (χ0n) is 16.9. The number of fused-ring (bicyclic) bond motifs is 1. The Morgan fingerprint density at radius 1 is 1.10 bits per heavy atom. The van der Waals surface area contributed by atoms with E-state index in [1.54, 1.807) is 6.92 Å². The highest BCUT2D eigenvalue weighted by Crippen LogP contribution is 2.18. The summed E-state index contributed by atoms with van der Waals surface area (Å²) in [5.41, 5.74) is 6.66. The molecule has 0 radical (unpaired) electrons. The minimum atomic E-state index is -5.08. The average molecular weight is 443 g/mol. The van der Waals surface area contributed by atoms with Crippen molar-refractivity contribution in [3.63, 3.8) is 0 Å². The third kappa shape index (κ3) is 8.60. The first-order valence-corrected chi connectivity index (χ1v) is 9.06. The van der Waals surface area contributed by atoms with Crippen LogP contribution in [0.3, 0.4) is 0 Å². The number of ether oxygens (including phenoxy) is 1. The molecule has 2 aromatic rings. The van der Waals surface area contributed by atoms with Gasteiger partial charge in [-0.15, -0.1) is 0 Å². The Bertz CT molecular complexity index is 900. The maximum Gasteiger partial charge on any atom is 0.490 e. The van der Waals surface area contributed by atoms with Crippen LogP contribution in [0.25, 0.3) is 10.8 Å². The smallest absolute Gasteiger partial charge is 0.475 e. The summed E-state index contributed by atoms with van der Waals surface area (Å²) < 4.78 is 36.6. The van der Waals surface area contributed by atoms with Crippen molar-refractivity contribution in [2.75, 3.05) is 13.7 Å². The van der Waals surface area contributed by atoms with Crippen LogP contribution in [0, 0.1) is 0 Å². The van der Waals surface area contributed by atoms with Crippen molar-refractivity contribution in [1.29, 1.82) is 0 Å². The zero-order chi connectivity index (χ0) is 23.6. The molecule has 0 saturated heterocycles. The Morgan fingerprint density at radius 2 is 1.68 bits per heavy atom. The first kappa shape index (κ1) is 25.9. The second-order valence-corrected chi connectivity index (χ2v) is 6.45. The van der Waals surface area contributed by atoms with Crippen LogP contribution in [-0.2, 0) is 25.7 Å². The summed E-state index contributed by atoms with van der Waals surface area (Å²) in [6.45, 7) is 2.12. The molecule has 31 heavy (non-hydrogen) atoms. The van der Waals surface area contributed by atoms with E-state index in [9.17, 15) is 22.8 Å². The molecule has 2 aromatic carbocycles. The molecule has 2 unspecified atom stereocenters.